The van der Waals surface area contributed by atoms with E-state index in [2.05, 4.69) is 15.3 Å². The van der Waals surface area contributed by atoms with Gasteiger partial charge in [-0.25, -0.2) is 4.98 Å². The van der Waals surface area contributed by atoms with Crippen LogP contribution < -0.4 is 5.32 Å². The molecule has 0 aliphatic carbocycles. The van der Waals surface area contributed by atoms with Crippen molar-refractivity contribution < 1.29 is 9.90 Å². The van der Waals surface area contributed by atoms with Gasteiger partial charge in [-0.2, -0.15) is 4.98 Å². The summed E-state index contributed by atoms with van der Waals surface area (Å²) in [5.41, 5.74) is 1.10. The van der Waals surface area contributed by atoms with Crippen molar-refractivity contribution >= 4 is 16.7 Å². The van der Waals surface area contributed by atoms with Gasteiger partial charge in [0, 0.05) is 19.2 Å². The topological polar surface area (TPSA) is 75.1 Å². The van der Waals surface area contributed by atoms with E-state index >= 15 is 0 Å². The fourth-order valence-corrected chi connectivity index (χ4v) is 2.46. The number of hydrogen-bond donors (Lipinski definition) is 2. The van der Waals surface area contributed by atoms with Gasteiger partial charge in [-0.15, -0.1) is 0 Å². The Balaban J connectivity index is 1.78. The standard InChI is InChI=1S/C18H17N3O2/c1-2-16-19-11-15(18(23)21-16)17(22)20-10-13-8-5-7-12-6-3-4-9-14(12)13/h3-9,11H,2,10H2,1H3,(H,20,22)(H,19,21,23). The molecule has 23 heavy (non-hydrogen) atoms. The highest BCUT2D eigenvalue weighted by molar-refractivity contribution is 5.96. The molecule has 2 aromatic carbocycles. The Morgan fingerprint density at radius 1 is 1.17 bits per heavy atom. The van der Waals surface area contributed by atoms with Crippen LogP contribution in [0.3, 0.4) is 0 Å². The van der Waals surface area contributed by atoms with Crippen molar-refractivity contribution in [3.63, 3.8) is 0 Å². The van der Waals surface area contributed by atoms with Crippen LogP contribution in [0, 0.1) is 0 Å². The molecular formula is C18H17N3O2. The quantitative estimate of drug-likeness (QED) is 0.777. The number of nitrogens with one attached hydrogen (secondary N) is 1. The number of nitrogens with zero attached hydrogens (tertiary/aromatic N) is 2. The Hall–Kier alpha value is -2.95. The van der Waals surface area contributed by atoms with Gasteiger partial charge in [-0.1, -0.05) is 49.4 Å². The maximum atomic E-state index is 12.2. The van der Waals surface area contributed by atoms with E-state index in [4.69, 9.17) is 0 Å². The SMILES string of the molecule is CCc1ncc(C(=O)NCc2cccc3ccccc23)c(O)n1. The van der Waals surface area contributed by atoms with Gasteiger partial charge in [-0.3, -0.25) is 4.79 Å². The second kappa shape index (κ2) is 6.44. The summed E-state index contributed by atoms with van der Waals surface area (Å²) in [6.07, 6.45) is 1.96. The van der Waals surface area contributed by atoms with Gasteiger partial charge in [0.1, 0.15) is 11.4 Å². The number of aromatic hydroxyl groups is 1. The normalized spacial score (nSPS) is 10.7. The van der Waals surface area contributed by atoms with E-state index in [-0.39, 0.29) is 11.4 Å². The number of fused-ring (bicyclic) bond motifs is 1. The zero-order valence-corrected chi connectivity index (χ0v) is 12.8. The van der Waals surface area contributed by atoms with Crippen molar-refractivity contribution in [1.29, 1.82) is 0 Å². The molecule has 0 aliphatic heterocycles. The van der Waals surface area contributed by atoms with Gasteiger partial charge in [0.05, 0.1) is 0 Å². The van der Waals surface area contributed by atoms with Crippen LogP contribution in [0.2, 0.25) is 0 Å². The second-order valence-corrected chi connectivity index (χ2v) is 5.20. The number of aromatic nitrogens is 2. The molecule has 5 nitrogen and oxygen atoms in total. The highest BCUT2D eigenvalue weighted by atomic mass is 16.3. The Morgan fingerprint density at radius 3 is 2.74 bits per heavy atom. The first-order valence-corrected chi connectivity index (χ1v) is 7.48. The minimum absolute atomic E-state index is 0.0856. The molecule has 0 aliphatic rings. The molecule has 0 spiro atoms. The molecule has 1 heterocycles. The van der Waals surface area contributed by atoms with Gasteiger partial charge >= 0.3 is 0 Å². The van der Waals surface area contributed by atoms with E-state index in [1.165, 1.54) is 6.20 Å². The molecule has 0 atom stereocenters. The summed E-state index contributed by atoms with van der Waals surface area (Å²) in [5, 5.41) is 14.9. The molecule has 2 N–H and O–H groups in total. The molecule has 0 unspecified atom stereocenters. The number of hydrogen-bond acceptors (Lipinski definition) is 4. The molecule has 116 valence electrons. The molecule has 0 radical (unpaired) electrons. The maximum Gasteiger partial charge on any atom is 0.258 e. The first kappa shape index (κ1) is 15.0. The molecule has 1 amide bonds. The highest BCUT2D eigenvalue weighted by Crippen LogP contribution is 2.19. The third-order valence-electron chi connectivity index (χ3n) is 3.70. The minimum Gasteiger partial charge on any atom is -0.493 e. The molecule has 5 heteroatoms. The van der Waals surface area contributed by atoms with Gasteiger partial charge in [0.2, 0.25) is 5.88 Å². The molecular weight excluding hydrogens is 290 g/mol. The summed E-state index contributed by atoms with van der Waals surface area (Å²) < 4.78 is 0. The fraction of sp³-hybridized carbons (Fsp3) is 0.167. The third kappa shape index (κ3) is 3.13. The van der Waals surface area contributed by atoms with Crippen molar-refractivity contribution in [2.45, 2.75) is 19.9 Å². The smallest absolute Gasteiger partial charge is 0.258 e. The number of rotatable bonds is 4. The van der Waals surface area contributed by atoms with Crippen LogP contribution in [0.5, 0.6) is 5.88 Å². The average molecular weight is 307 g/mol. The van der Waals surface area contributed by atoms with Crippen LogP contribution in [-0.4, -0.2) is 21.0 Å². The molecule has 3 rings (SSSR count). The Kier molecular flexibility index (Phi) is 4.19. The lowest BCUT2D eigenvalue weighted by molar-refractivity contribution is 0.0947. The predicted octanol–water partition coefficient (Wildman–Crippen LogP) is 2.83. The van der Waals surface area contributed by atoms with Crippen LogP contribution in [0.4, 0.5) is 0 Å². The Morgan fingerprint density at radius 2 is 1.96 bits per heavy atom. The summed E-state index contributed by atoms with van der Waals surface area (Å²) in [6.45, 7) is 2.25. The Labute approximate surface area is 134 Å². The average Bonchev–Trinajstić information content (AvgIpc) is 2.59. The third-order valence-corrected chi connectivity index (χ3v) is 3.70. The van der Waals surface area contributed by atoms with Crippen molar-refractivity contribution in [1.82, 2.24) is 15.3 Å². The van der Waals surface area contributed by atoms with Crippen LogP contribution in [-0.2, 0) is 13.0 Å². The zero-order valence-electron chi connectivity index (χ0n) is 12.8. The predicted molar refractivity (Wildman–Crippen MR) is 88.2 cm³/mol. The molecule has 1 aromatic heterocycles. The van der Waals surface area contributed by atoms with Gasteiger partial charge < -0.3 is 10.4 Å². The summed E-state index contributed by atoms with van der Waals surface area (Å²) in [4.78, 5) is 20.2. The Bertz CT molecular complexity index is 857. The summed E-state index contributed by atoms with van der Waals surface area (Å²) in [7, 11) is 0. The lowest BCUT2D eigenvalue weighted by Gasteiger charge is -2.09. The molecule has 0 bridgehead atoms. The highest BCUT2D eigenvalue weighted by Gasteiger charge is 2.14. The lowest BCUT2D eigenvalue weighted by atomic mass is 10.0. The van der Waals surface area contributed by atoms with Crippen LogP contribution in [0.1, 0.15) is 28.7 Å². The molecule has 0 saturated carbocycles. The number of carbonyl (C=O) groups is 1. The zero-order chi connectivity index (χ0) is 16.2. The molecule has 0 saturated heterocycles. The first-order chi connectivity index (χ1) is 11.2. The number of carbonyl (C=O) groups excluding carboxylic acids is 1. The first-order valence-electron chi connectivity index (χ1n) is 7.48. The molecule has 3 aromatic rings. The van der Waals surface area contributed by atoms with Crippen molar-refractivity contribution in [3.05, 3.63) is 65.6 Å². The van der Waals surface area contributed by atoms with E-state index in [0.717, 1.165) is 16.3 Å². The number of aryl methyl sites for hydroxylation is 1. The number of amides is 1. The second-order valence-electron chi connectivity index (χ2n) is 5.20. The van der Waals surface area contributed by atoms with Crippen LogP contribution in [0.15, 0.2) is 48.7 Å². The van der Waals surface area contributed by atoms with E-state index in [9.17, 15) is 9.90 Å². The monoisotopic (exact) mass is 307 g/mol. The number of benzene rings is 2. The van der Waals surface area contributed by atoms with Crippen molar-refractivity contribution in [3.8, 4) is 5.88 Å². The maximum absolute atomic E-state index is 12.2. The van der Waals surface area contributed by atoms with Crippen molar-refractivity contribution in [2.75, 3.05) is 0 Å². The fourth-order valence-electron chi connectivity index (χ4n) is 2.46. The summed E-state index contributed by atoms with van der Waals surface area (Å²) in [6, 6.07) is 14.0. The van der Waals surface area contributed by atoms with Crippen molar-refractivity contribution in [2.24, 2.45) is 0 Å². The van der Waals surface area contributed by atoms with E-state index in [0.29, 0.717) is 18.8 Å². The van der Waals surface area contributed by atoms with Gasteiger partial charge in [-0.05, 0) is 16.3 Å². The van der Waals surface area contributed by atoms with Crippen LogP contribution in [0.25, 0.3) is 10.8 Å². The summed E-state index contributed by atoms with van der Waals surface area (Å²) >= 11 is 0. The van der Waals surface area contributed by atoms with E-state index in [1.54, 1.807) is 0 Å². The van der Waals surface area contributed by atoms with E-state index in [1.807, 2.05) is 49.4 Å². The minimum atomic E-state index is -0.391. The molecule has 0 fully saturated rings. The van der Waals surface area contributed by atoms with Crippen LogP contribution >= 0.6 is 0 Å². The van der Waals surface area contributed by atoms with Gasteiger partial charge in [0.25, 0.3) is 5.91 Å². The largest absolute Gasteiger partial charge is 0.493 e. The van der Waals surface area contributed by atoms with E-state index < -0.39 is 5.91 Å². The lowest BCUT2D eigenvalue weighted by Crippen LogP contribution is -2.23. The van der Waals surface area contributed by atoms with Gasteiger partial charge in [0.15, 0.2) is 0 Å². The summed E-state index contributed by atoms with van der Waals surface area (Å²) in [5.74, 6) is -0.168.